The molecule has 0 atom stereocenters. The number of hydrogen-bond acceptors (Lipinski definition) is 6. The van der Waals surface area contributed by atoms with E-state index >= 15 is 0 Å². The van der Waals surface area contributed by atoms with Crippen molar-refractivity contribution in [1.29, 1.82) is 0 Å². The number of nitro benzene ring substituents is 1. The number of benzene rings is 1. The Morgan fingerprint density at radius 2 is 2.07 bits per heavy atom. The number of fused-ring (bicyclic) bond motifs is 3. The molecule has 0 saturated carbocycles. The molecule has 2 aromatic heterocycles. The van der Waals surface area contributed by atoms with E-state index in [4.69, 9.17) is 4.74 Å². The smallest absolute Gasteiger partial charge is 0.356 e. The molecule has 8 nitrogen and oxygen atoms in total. The van der Waals surface area contributed by atoms with Crippen LogP contribution in [0.2, 0.25) is 0 Å². The summed E-state index contributed by atoms with van der Waals surface area (Å²) in [7, 11) is 0. The van der Waals surface area contributed by atoms with E-state index in [1.807, 2.05) is 0 Å². The molecule has 1 N–H and O–H groups in total. The van der Waals surface area contributed by atoms with Gasteiger partial charge in [0.15, 0.2) is 0 Å². The highest BCUT2D eigenvalue weighted by Crippen LogP contribution is 2.41. The highest BCUT2D eigenvalue weighted by atomic mass is 16.6. The van der Waals surface area contributed by atoms with Gasteiger partial charge in [-0.1, -0.05) is 0 Å². The molecule has 0 unspecified atom stereocenters. The number of ether oxygens (including phenoxy) is 1. The van der Waals surface area contributed by atoms with Crippen molar-refractivity contribution in [3.63, 3.8) is 0 Å². The Kier molecular flexibility index (Phi) is 4.39. The summed E-state index contributed by atoms with van der Waals surface area (Å²) >= 11 is 0. The van der Waals surface area contributed by atoms with Crippen LogP contribution < -0.4 is 4.90 Å². The summed E-state index contributed by atoms with van der Waals surface area (Å²) < 4.78 is 5.04. The van der Waals surface area contributed by atoms with E-state index in [-0.39, 0.29) is 22.9 Å². The van der Waals surface area contributed by atoms with Crippen molar-refractivity contribution >= 4 is 39.1 Å². The SMILES string of the molecule is CCOC(=O)c1cc2c(cn1)[nH]c1ccc([N+](=O)[O-])c(N3CCCCC3)c12. The van der Waals surface area contributed by atoms with E-state index in [0.29, 0.717) is 5.69 Å². The summed E-state index contributed by atoms with van der Waals surface area (Å²) in [6.07, 6.45) is 4.72. The number of carbonyl (C=O) groups excluding carboxylic acids is 1. The van der Waals surface area contributed by atoms with Crippen molar-refractivity contribution in [3.8, 4) is 0 Å². The number of H-pyrrole nitrogens is 1. The number of esters is 1. The van der Waals surface area contributed by atoms with Gasteiger partial charge in [-0.3, -0.25) is 10.1 Å². The monoisotopic (exact) mass is 368 g/mol. The summed E-state index contributed by atoms with van der Waals surface area (Å²) in [4.78, 5) is 33.0. The quantitative estimate of drug-likeness (QED) is 0.427. The number of aromatic nitrogens is 2. The predicted octanol–water partition coefficient (Wildman–Crippen LogP) is 3.79. The molecule has 1 fully saturated rings. The molecule has 1 aromatic carbocycles. The fourth-order valence-corrected chi connectivity index (χ4v) is 3.77. The lowest BCUT2D eigenvalue weighted by molar-refractivity contribution is -0.384. The van der Waals surface area contributed by atoms with Gasteiger partial charge in [0.2, 0.25) is 0 Å². The standard InChI is InChI=1S/C19H20N4O4/c1-2-27-19(24)14-10-12-15(11-20-14)21-13-6-7-16(23(25)26)18(17(12)13)22-8-4-3-5-9-22/h6-7,10-11,21H,2-5,8-9H2,1H3. The van der Waals surface area contributed by atoms with E-state index in [1.54, 1.807) is 31.3 Å². The van der Waals surface area contributed by atoms with Crippen LogP contribution in [-0.2, 0) is 4.74 Å². The maximum Gasteiger partial charge on any atom is 0.356 e. The van der Waals surface area contributed by atoms with Crippen molar-refractivity contribution in [2.45, 2.75) is 26.2 Å². The molecule has 1 aliphatic rings. The molecule has 4 rings (SSSR count). The Morgan fingerprint density at radius 3 is 2.78 bits per heavy atom. The third kappa shape index (κ3) is 2.97. The molecule has 3 aromatic rings. The average molecular weight is 368 g/mol. The van der Waals surface area contributed by atoms with Crippen LogP contribution in [0.5, 0.6) is 0 Å². The summed E-state index contributed by atoms with van der Waals surface area (Å²) in [5.74, 6) is -0.501. The van der Waals surface area contributed by atoms with Gasteiger partial charge in [0.05, 0.1) is 23.2 Å². The first kappa shape index (κ1) is 17.3. The minimum Gasteiger partial charge on any atom is -0.461 e. The second-order valence-corrected chi connectivity index (χ2v) is 6.62. The molecule has 0 spiro atoms. The molecule has 27 heavy (non-hydrogen) atoms. The summed E-state index contributed by atoms with van der Waals surface area (Å²) in [5, 5.41) is 13.2. The lowest BCUT2D eigenvalue weighted by Gasteiger charge is -2.29. The number of carbonyl (C=O) groups is 1. The van der Waals surface area contributed by atoms with Crippen LogP contribution in [-0.4, -0.2) is 40.6 Å². The first-order chi connectivity index (χ1) is 13.1. The predicted molar refractivity (Wildman–Crippen MR) is 102 cm³/mol. The van der Waals surface area contributed by atoms with Crippen molar-refractivity contribution < 1.29 is 14.5 Å². The minimum absolute atomic E-state index is 0.0831. The molecule has 0 radical (unpaired) electrons. The number of nitro groups is 1. The van der Waals surface area contributed by atoms with Crippen molar-refractivity contribution in [1.82, 2.24) is 9.97 Å². The molecule has 8 heteroatoms. The average Bonchev–Trinajstić information content (AvgIpc) is 3.05. The number of anilines is 1. The first-order valence-electron chi connectivity index (χ1n) is 9.11. The fraction of sp³-hybridized carbons (Fsp3) is 0.368. The Balaban J connectivity index is 1.99. The van der Waals surface area contributed by atoms with Crippen LogP contribution in [0.1, 0.15) is 36.7 Å². The van der Waals surface area contributed by atoms with Gasteiger partial charge in [-0.15, -0.1) is 0 Å². The Labute approximate surface area is 155 Å². The van der Waals surface area contributed by atoms with Crippen LogP contribution in [0, 0.1) is 10.1 Å². The van der Waals surface area contributed by atoms with Crippen LogP contribution in [0.3, 0.4) is 0 Å². The lowest BCUT2D eigenvalue weighted by Crippen LogP contribution is -2.30. The number of nitrogens with zero attached hydrogens (tertiary/aromatic N) is 3. The zero-order chi connectivity index (χ0) is 19.0. The van der Waals surface area contributed by atoms with E-state index in [9.17, 15) is 14.9 Å². The van der Waals surface area contributed by atoms with Gasteiger partial charge in [-0.05, 0) is 38.3 Å². The van der Waals surface area contributed by atoms with Crippen LogP contribution in [0.15, 0.2) is 24.4 Å². The van der Waals surface area contributed by atoms with Gasteiger partial charge in [0.1, 0.15) is 11.4 Å². The summed E-state index contributed by atoms with van der Waals surface area (Å²) in [6.45, 7) is 3.56. The summed E-state index contributed by atoms with van der Waals surface area (Å²) in [5.41, 5.74) is 2.42. The number of hydrogen-bond donors (Lipinski definition) is 1. The van der Waals surface area contributed by atoms with Gasteiger partial charge in [0, 0.05) is 35.4 Å². The van der Waals surface area contributed by atoms with Crippen LogP contribution >= 0.6 is 0 Å². The summed E-state index contributed by atoms with van der Waals surface area (Å²) in [6, 6.07) is 4.91. The van der Waals surface area contributed by atoms with E-state index in [0.717, 1.165) is 54.2 Å². The third-order valence-corrected chi connectivity index (χ3v) is 4.95. The maximum atomic E-state index is 12.1. The largest absolute Gasteiger partial charge is 0.461 e. The van der Waals surface area contributed by atoms with Crippen molar-refractivity contribution in [2.24, 2.45) is 0 Å². The van der Waals surface area contributed by atoms with Crippen LogP contribution in [0.4, 0.5) is 11.4 Å². The second-order valence-electron chi connectivity index (χ2n) is 6.62. The maximum absolute atomic E-state index is 12.1. The zero-order valence-electron chi connectivity index (χ0n) is 15.0. The van der Waals surface area contributed by atoms with E-state index in [2.05, 4.69) is 14.9 Å². The van der Waals surface area contributed by atoms with Gasteiger partial charge >= 0.3 is 5.97 Å². The zero-order valence-corrected chi connectivity index (χ0v) is 15.0. The molecule has 0 amide bonds. The normalized spacial score (nSPS) is 14.6. The topological polar surface area (TPSA) is 101 Å². The highest BCUT2D eigenvalue weighted by Gasteiger charge is 2.26. The van der Waals surface area contributed by atoms with Crippen molar-refractivity contribution in [3.05, 3.63) is 40.2 Å². The molecular weight excluding hydrogens is 348 g/mol. The lowest BCUT2D eigenvalue weighted by atomic mass is 10.0. The number of piperidine rings is 1. The third-order valence-electron chi connectivity index (χ3n) is 4.95. The molecule has 0 bridgehead atoms. The first-order valence-corrected chi connectivity index (χ1v) is 9.11. The van der Waals surface area contributed by atoms with Gasteiger partial charge in [0.25, 0.3) is 5.69 Å². The number of rotatable bonds is 4. The van der Waals surface area contributed by atoms with Crippen LogP contribution in [0.25, 0.3) is 21.8 Å². The highest BCUT2D eigenvalue weighted by molar-refractivity contribution is 6.16. The van der Waals surface area contributed by atoms with Gasteiger partial charge in [-0.25, -0.2) is 9.78 Å². The molecule has 0 aliphatic carbocycles. The van der Waals surface area contributed by atoms with Gasteiger partial charge < -0.3 is 14.6 Å². The molecular formula is C19H20N4O4. The van der Waals surface area contributed by atoms with E-state index in [1.165, 1.54) is 0 Å². The Bertz CT molecular complexity index is 1040. The minimum atomic E-state index is -0.501. The molecule has 3 heterocycles. The second kappa shape index (κ2) is 6.86. The molecule has 1 saturated heterocycles. The van der Waals surface area contributed by atoms with Crippen molar-refractivity contribution in [2.75, 3.05) is 24.6 Å². The number of nitrogens with one attached hydrogen (secondary N) is 1. The molecule has 140 valence electrons. The fourth-order valence-electron chi connectivity index (χ4n) is 3.77. The number of aromatic amines is 1. The molecule has 1 aliphatic heterocycles. The van der Waals surface area contributed by atoms with E-state index < -0.39 is 5.97 Å². The van der Waals surface area contributed by atoms with Gasteiger partial charge in [-0.2, -0.15) is 0 Å². The Hall–Kier alpha value is -3.16. The number of pyridine rings is 1. The Morgan fingerprint density at radius 1 is 1.30 bits per heavy atom.